The van der Waals surface area contributed by atoms with Gasteiger partial charge in [-0.2, -0.15) is 0 Å². The highest BCUT2D eigenvalue weighted by molar-refractivity contribution is 7.92. The molecule has 23 heavy (non-hydrogen) atoms. The molecule has 7 heteroatoms. The van der Waals surface area contributed by atoms with Gasteiger partial charge in [-0.3, -0.25) is 4.79 Å². The minimum Gasteiger partial charge on any atom is -0.358 e. The normalized spacial score (nSPS) is 11.5. The number of carbonyl (C=O) groups is 1. The van der Waals surface area contributed by atoms with Crippen LogP contribution in [-0.4, -0.2) is 27.1 Å². The molecule has 2 aromatic carbocycles. The standard InChI is InChI=1S/C16H15F2NO3S/c1-19-15(20)10-23(21,22)16(11-2-6-13(17)7-3-11)12-4-8-14(18)9-5-12/h2-9,16H,10H2,1H3,(H,19,20). The van der Waals surface area contributed by atoms with Gasteiger partial charge in [-0.05, 0) is 35.4 Å². The molecule has 0 atom stereocenters. The monoisotopic (exact) mass is 339 g/mol. The fraction of sp³-hybridized carbons (Fsp3) is 0.188. The molecule has 0 heterocycles. The van der Waals surface area contributed by atoms with E-state index in [1.807, 2.05) is 0 Å². The zero-order valence-corrected chi connectivity index (χ0v) is 13.1. The van der Waals surface area contributed by atoms with Crippen molar-refractivity contribution in [3.63, 3.8) is 0 Å². The first-order valence-electron chi connectivity index (χ1n) is 6.76. The van der Waals surface area contributed by atoms with Crippen LogP contribution in [0.5, 0.6) is 0 Å². The number of hydrogen-bond acceptors (Lipinski definition) is 3. The lowest BCUT2D eigenvalue weighted by Crippen LogP contribution is -2.30. The van der Waals surface area contributed by atoms with Crippen molar-refractivity contribution in [1.29, 1.82) is 0 Å². The molecule has 2 aromatic rings. The number of benzene rings is 2. The van der Waals surface area contributed by atoms with Gasteiger partial charge < -0.3 is 5.32 Å². The summed E-state index contributed by atoms with van der Waals surface area (Å²) in [6, 6.07) is 9.91. The van der Waals surface area contributed by atoms with Gasteiger partial charge >= 0.3 is 0 Å². The van der Waals surface area contributed by atoms with Gasteiger partial charge in [0.25, 0.3) is 0 Å². The van der Waals surface area contributed by atoms with Crippen LogP contribution in [0.2, 0.25) is 0 Å². The van der Waals surface area contributed by atoms with Crippen molar-refractivity contribution in [2.45, 2.75) is 5.25 Å². The second-order valence-corrected chi connectivity index (χ2v) is 7.05. The third-order valence-electron chi connectivity index (χ3n) is 3.32. The Bertz CT molecular complexity index is 742. The topological polar surface area (TPSA) is 63.2 Å². The van der Waals surface area contributed by atoms with E-state index in [2.05, 4.69) is 5.32 Å². The summed E-state index contributed by atoms with van der Waals surface area (Å²) >= 11 is 0. The van der Waals surface area contributed by atoms with E-state index in [0.29, 0.717) is 11.1 Å². The first kappa shape index (κ1) is 17.1. The molecule has 0 radical (unpaired) electrons. The molecule has 4 nitrogen and oxygen atoms in total. The van der Waals surface area contributed by atoms with Crippen LogP contribution in [0.4, 0.5) is 8.78 Å². The van der Waals surface area contributed by atoms with Crippen LogP contribution in [-0.2, 0) is 14.6 Å². The highest BCUT2D eigenvalue weighted by Crippen LogP contribution is 2.31. The van der Waals surface area contributed by atoms with Gasteiger partial charge in [0, 0.05) is 7.05 Å². The Kier molecular flexibility index (Phi) is 5.10. The van der Waals surface area contributed by atoms with E-state index in [9.17, 15) is 22.0 Å². The minimum atomic E-state index is -3.92. The van der Waals surface area contributed by atoms with Crippen LogP contribution in [0.15, 0.2) is 48.5 Å². The van der Waals surface area contributed by atoms with Crippen molar-refractivity contribution < 1.29 is 22.0 Å². The molecule has 1 amide bonds. The first-order chi connectivity index (χ1) is 10.8. The average molecular weight is 339 g/mol. The molecular formula is C16H15F2NO3S. The molecule has 2 rings (SSSR count). The third kappa shape index (κ3) is 4.13. The fourth-order valence-corrected chi connectivity index (χ4v) is 4.04. The smallest absolute Gasteiger partial charge is 0.234 e. The number of rotatable bonds is 5. The van der Waals surface area contributed by atoms with E-state index < -0.39 is 38.4 Å². The second kappa shape index (κ2) is 6.87. The predicted molar refractivity (Wildman–Crippen MR) is 82.5 cm³/mol. The maximum atomic E-state index is 13.1. The Morgan fingerprint density at radius 1 is 0.957 bits per heavy atom. The maximum Gasteiger partial charge on any atom is 0.234 e. The lowest BCUT2D eigenvalue weighted by Gasteiger charge is -2.18. The number of carbonyl (C=O) groups excluding carboxylic acids is 1. The summed E-state index contributed by atoms with van der Waals surface area (Å²) in [5.41, 5.74) is 0.615. The number of nitrogens with one attached hydrogen (secondary N) is 1. The highest BCUT2D eigenvalue weighted by atomic mass is 32.2. The molecule has 0 fully saturated rings. The van der Waals surface area contributed by atoms with Crippen molar-refractivity contribution in [2.24, 2.45) is 0 Å². The third-order valence-corrected chi connectivity index (χ3v) is 5.24. The summed E-state index contributed by atoms with van der Waals surface area (Å²) in [5, 5.41) is 1.08. The predicted octanol–water partition coefficient (Wildman–Crippen LogP) is 2.21. The lowest BCUT2D eigenvalue weighted by atomic mass is 10.0. The Hall–Kier alpha value is -2.28. The van der Waals surface area contributed by atoms with Crippen LogP contribution >= 0.6 is 0 Å². The fourth-order valence-electron chi connectivity index (χ4n) is 2.22. The van der Waals surface area contributed by atoms with Crippen LogP contribution in [0.3, 0.4) is 0 Å². The number of sulfone groups is 1. The molecule has 0 saturated carbocycles. The summed E-state index contributed by atoms with van der Waals surface area (Å²) in [5.74, 6) is -2.38. The van der Waals surface area contributed by atoms with Crippen molar-refractivity contribution in [3.05, 3.63) is 71.3 Å². The highest BCUT2D eigenvalue weighted by Gasteiger charge is 2.31. The molecule has 0 aliphatic carbocycles. The SMILES string of the molecule is CNC(=O)CS(=O)(=O)C(c1ccc(F)cc1)c1ccc(F)cc1. The molecule has 0 saturated heterocycles. The number of halogens is 2. The molecule has 1 N–H and O–H groups in total. The summed E-state index contributed by atoms with van der Waals surface area (Å²) in [4.78, 5) is 11.5. The van der Waals surface area contributed by atoms with Crippen LogP contribution in [0.25, 0.3) is 0 Å². The Morgan fingerprint density at radius 2 is 1.35 bits per heavy atom. The van der Waals surface area contributed by atoms with Crippen molar-refractivity contribution in [2.75, 3.05) is 12.8 Å². The maximum absolute atomic E-state index is 13.1. The molecule has 0 aliphatic rings. The Balaban J connectivity index is 2.53. The molecule has 122 valence electrons. The molecule has 0 aliphatic heterocycles. The summed E-state index contributed by atoms with van der Waals surface area (Å²) in [6.45, 7) is 0. The van der Waals surface area contributed by atoms with Crippen LogP contribution < -0.4 is 5.32 Å². The molecule has 0 spiro atoms. The van der Waals surface area contributed by atoms with Gasteiger partial charge in [0.05, 0.1) is 0 Å². The van der Waals surface area contributed by atoms with Gasteiger partial charge in [-0.15, -0.1) is 0 Å². The zero-order valence-electron chi connectivity index (χ0n) is 12.3. The van der Waals surface area contributed by atoms with Gasteiger partial charge in [-0.25, -0.2) is 17.2 Å². The Morgan fingerprint density at radius 3 is 1.70 bits per heavy atom. The second-order valence-electron chi connectivity index (χ2n) is 4.96. The first-order valence-corrected chi connectivity index (χ1v) is 8.48. The minimum absolute atomic E-state index is 0.307. The van der Waals surface area contributed by atoms with E-state index in [4.69, 9.17) is 0 Å². The van der Waals surface area contributed by atoms with Crippen molar-refractivity contribution >= 4 is 15.7 Å². The Labute approximate surface area is 133 Å². The largest absolute Gasteiger partial charge is 0.358 e. The van der Waals surface area contributed by atoms with Gasteiger partial charge in [0.1, 0.15) is 22.6 Å². The summed E-state index contributed by atoms with van der Waals surface area (Å²) in [6.07, 6.45) is 0. The molecule has 0 bridgehead atoms. The average Bonchev–Trinajstić information content (AvgIpc) is 2.50. The zero-order chi connectivity index (χ0) is 17.0. The molecule has 0 aromatic heterocycles. The van der Waals surface area contributed by atoms with E-state index in [0.717, 1.165) is 24.3 Å². The van der Waals surface area contributed by atoms with E-state index in [-0.39, 0.29) is 0 Å². The van der Waals surface area contributed by atoms with Crippen molar-refractivity contribution in [3.8, 4) is 0 Å². The van der Waals surface area contributed by atoms with E-state index in [1.54, 1.807) is 0 Å². The van der Waals surface area contributed by atoms with Crippen LogP contribution in [0.1, 0.15) is 16.4 Å². The van der Waals surface area contributed by atoms with Gasteiger partial charge in [0.15, 0.2) is 9.84 Å². The van der Waals surface area contributed by atoms with E-state index in [1.165, 1.54) is 31.3 Å². The quantitative estimate of drug-likeness (QED) is 0.908. The summed E-state index contributed by atoms with van der Waals surface area (Å²) in [7, 11) is -2.59. The van der Waals surface area contributed by atoms with Crippen LogP contribution in [0, 0.1) is 11.6 Å². The molecular weight excluding hydrogens is 324 g/mol. The van der Waals surface area contributed by atoms with Gasteiger partial charge in [-0.1, -0.05) is 24.3 Å². The van der Waals surface area contributed by atoms with Crippen molar-refractivity contribution in [1.82, 2.24) is 5.32 Å². The van der Waals surface area contributed by atoms with Gasteiger partial charge in [0.2, 0.25) is 5.91 Å². The lowest BCUT2D eigenvalue weighted by molar-refractivity contribution is -0.118. The van der Waals surface area contributed by atoms with E-state index >= 15 is 0 Å². The number of amides is 1. The summed E-state index contributed by atoms with van der Waals surface area (Å²) < 4.78 is 51.5. The number of hydrogen-bond donors (Lipinski definition) is 1. The molecule has 0 unspecified atom stereocenters.